The molecule has 3 aliphatic heterocycles. The SMILES string of the molecule is C#Cc1c(F)ccc2cc(O)cc(-c3ncc4c(N5CCN(C(=O)[C@@H](S)Cc6nccs6)CC5)nc(OC[C@@]56CCCN5C[C@H](F)C6)nc4c3F)c12. The Labute approximate surface area is 307 Å². The van der Waals surface area contributed by atoms with Crippen molar-refractivity contribution in [3.63, 3.8) is 0 Å². The summed E-state index contributed by atoms with van der Waals surface area (Å²) < 4.78 is 52.6. The van der Waals surface area contributed by atoms with E-state index in [1.807, 2.05) is 10.3 Å². The zero-order chi connectivity index (χ0) is 36.1. The number of halogens is 3. The molecule has 2 aromatic carbocycles. The summed E-state index contributed by atoms with van der Waals surface area (Å²) in [6, 6.07) is 5.27. The smallest absolute Gasteiger partial charge is 0.319 e. The van der Waals surface area contributed by atoms with Gasteiger partial charge in [0.2, 0.25) is 5.91 Å². The van der Waals surface area contributed by atoms with Crippen LogP contribution in [0.2, 0.25) is 0 Å². The third-order valence-electron chi connectivity index (χ3n) is 10.4. The molecule has 15 heteroatoms. The summed E-state index contributed by atoms with van der Waals surface area (Å²) in [7, 11) is 0. The standard InChI is InChI=1S/C37H34F3N7O3S2/c1-2-24-27(39)5-4-21-14-23(48)15-25(30(21)24)32-31(40)33-26(18-42-32)34(44-36(43-33)50-20-37-6-3-8-47(37)19-22(38)17-37)45-9-11-46(12-10-45)35(49)28(51)16-29-41-7-13-52-29/h1,4-5,7,13-15,18,22,28,48,51H,3,6,8-12,16-17,19-20H2/t22-,28+,37+/m1/s1. The first-order chi connectivity index (χ1) is 25.1. The molecule has 52 heavy (non-hydrogen) atoms. The third-order valence-corrected chi connectivity index (χ3v) is 11.6. The molecule has 0 bridgehead atoms. The second-order valence-electron chi connectivity index (χ2n) is 13.5. The number of nitrogens with zero attached hydrogens (tertiary/aromatic N) is 7. The Bertz CT molecular complexity index is 2230. The zero-order valence-electron chi connectivity index (χ0n) is 27.9. The van der Waals surface area contributed by atoms with E-state index < -0.39 is 28.6 Å². The van der Waals surface area contributed by atoms with Crippen LogP contribution in [0.1, 0.15) is 29.8 Å². The van der Waals surface area contributed by atoms with Crippen LogP contribution in [-0.2, 0) is 11.2 Å². The predicted molar refractivity (Wildman–Crippen MR) is 196 cm³/mol. The van der Waals surface area contributed by atoms with Gasteiger partial charge in [0.25, 0.3) is 0 Å². The summed E-state index contributed by atoms with van der Waals surface area (Å²) in [5.41, 5.74) is -0.793. The average molecular weight is 746 g/mol. The molecule has 3 aliphatic rings. The van der Waals surface area contributed by atoms with E-state index in [4.69, 9.17) is 16.1 Å². The number of carbonyl (C=O) groups is 1. The lowest BCUT2D eigenvalue weighted by Crippen LogP contribution is -2.51. The molecule has 3 atom stereocenters. The van der Waals surface area contributed by atoms with Crippen molar-refractivity contribution in [2.45, 2.75) is 42.6 Å². The third kappa shape index (κ3) is 6.16. The number of phenols is 1. The fourth-order valence-electron chi connectivity index (χ4n) is 7.87. The van der Waals surface area contributed by atoms with Crippen LogP contribution >= 0.6 is 24.0 Å². The van der Waals surface area contributed by atoms with Gasteiger partial charge in [0.15, 0.2) is 5.82 Å². The van der Waals surface area contributed by atoms with Gasteiger partial charge in [0, 0.05) is 74.3 Å². The van der Waals surface area contributed by atoms with E-state index in [1.54, 1.807) is 11.1 Å². The minimum atomic E-state index is -0.963. The monoisotopic (exact) mass is 745 g/mol. The molecule has 6 heterocycles. The number of alkyl halides is 1. The second kappa shape index (κ2) is 13.7. The van der Waals surface area contributed by atoms with Crippen molar-refractivity contribution in [1.29, 1.82) is 0 Å². The highest BCUT2D eigenvalue weighted by atomic mass is 32.1. The molecule has 1 N–H and O–H groups in total. The number of ether oxygens (including phenoxy) is 1. The number of rotatable bonds is 8. The Morgan fingerprint density at radius 3 is 2.77 bits per heavy atom. The number of hydrogen-bond acceptors (Lipinski definition) is 11. The van der Waals surface area contributed by atoms with Crippen LogP contribution in [0.25, 0.3) is 32.9 Å². The fraction of sp³-hybridized carbons (Fsp3) is 0.378. The van der Waals surface area contributed by atoms with Crippen molar-refractivity contribution >= 4 is 57.4 Å². The summed E-state index contributed by atoms with van der Waals surface area (Å²) in [5.74, 6) is 0.919. The zero-order valence-corrected chi connectivity index (χ0v) is 29.6. The fourth-order valence-corrected chi connectivity index (χ4v) is 8.99. The lowest BCUT2D eigenvalue weighted by atomic mass is 9.95. The van der Waals surface area contributed by atoms with E-state index in [9.17, 15) is 18.7 Å². The largest absolute Gasteiger partial charge is 0.508 e. The molecule has 0 saturated carbocycles. The normalized spacial score (nSPS) is 21.1. The lowest BCUT2D eigenvalue weighted by Gasteiger charge is -2.37. The Kier molecular flexibility index (Phi) is 9.09. The van der Waals surface area contributed by atoms with Gasteiger partial charge in [-0.3, -0.25) is 14.7 Å². The Hall–Kier alpha value is -4.65. The number of thiazole rings is 1. The molecule has 3 saturated heterocycles. The summed E-state index contributed by atoms with van der Waals surface area (Å²) in [4.78, 5) is 37.1. The maximum Gasteiger partial charge on any atom is 0.319 e. The average Bonchev–Trinajstić information content (AvgIpc) is 3.87. The summed E-state index contributed by atoms with van der Waals surface area (Å²) in [6.07, 6.45) is 10.3. The van der Waals surface area contributed by atoms with Gasteiger partial charge < -0.3 is 19.6 Å². The van der Waals surface area contributed by atoms with Gasteiger partial charge >= 0.3 is 6.01 Å². The number of aromatic nitrogens is 4. The Morgan fingerprint density at radius 1 is 1.17 bits per heavy atom. The number of piperazine rings is 1. The highest BCUT2D eigenvalue weighted by Gasteiger charge is 2.49. The van der Waals surface area contributed by atoms with E-state index in [2.05, 4.69) is 38.4 Å². The van der Waals surface area contributed by atoms with Crippen molar-refractivity contribution in [3.8, 4) is 35.4 Å². The summed E-state index contributed by atoms with van der Waals surface area (Å²) in [5, 5.41) is 13.7. The number of aromatic hydroxyl groups is 1. The van der Waals surface area contributed by atoms with Gasteiger partial charge in [-0.2, -0.15) is 22.6 Å². The Balaban J connectivity index is 1.16. The number of amides is 1. The first-order valence-electron chi connectivity index (χ1n) is 17.0. The maximum absolute atomic E-state index is 16.9. The van der Waals surface area contributed by atoms with Crippen molar-refractivity contribution in [2.75, 3.05) is 50.8 Å². The summed E-state index contributed by atoms with van der Waals surface area (Å²) >= 11 is 6.04. The highest BCUT2D eigenvalue weighted by molar-refractivity contribution is 7.81. The Morgan fingerprint density at radius 2 is 2.00 bits per heavy atom. The van der Waals surface area contributed by atoms with E-state index in [0.717, 1.165) is 24.4 Å². The van der Waals surface area contributed by atoms with Crippen molar-refractivity contribution < 1.29 is 27.8 Å². The quantitative estimate of drug-likeness (QED) is 0.159. The minimum absolute atomic E-state index is 0.0874. The van der Waals surface area contributed by atoms with Crippen LogP contribution < -0.4 is 9.64 Å². The van der Waals surface area contributed by atoms with Crippen molar-refractivity contribution in [2.24, 2.45) is 0 Å². The molecule has 10 nitrogen and oxygen atoms in total. The van der Waals surface area contributed by atoms with Crippen LogP contribution in [0.15, 0.2) is 42.0 Å². The minimum Gasteiger partial charge on any atom is -0.508 e. The van der Waals surface area contributed by atoms with Crippen molar-refractivity contribution in [1.82, 2.24) is 29.7 Å². The number of terminal acetylenes is 1. The van der Waals surface area contributed by atoms with Crippen LogP contribution in [0.3, 0.4) is 0 Å². The molecule has 3 fully saturated rings. The van der Waals surface area contributed by atoms with E-state index in [-0.39, 0.29) is 52.0 Å². The highest BCUT2D eigenvalue weighted by Crippen LogP contribution is 2.42. The number of pyridine rings is 1. The molecule has 0 radical (unpaired) electrons. The number of anilines is 1. The molecule has 1 amide bonds. The molecule has 0 spiro atoms. The van der Waals surface area contributed by atoms with Crippen molar-refractivity contribution in [3.05, 3.63) is 64.2 Å². The first-order valence-corrected chi connectivity index (χ1v) is 18.4. The number of fused-ring (bicyclic) bond motifs is 3. The predicted octanol–water partition coefficient (Wildman–Crippen LogP) is 5.41. The number of hydrogen-bond donors (Lipinski definition) is 2. The van der Waals surface area contributed by atoms with Gasteiger partial charge in [0.05, 0.1) is 26.7 Å². The van der Waals surface area contributed by atoms with Gasteiger partial charge in [-0.1, -0.05) is 12.0 Å². The van der Waals surface area contributed by atoms with Crippen LogP contribution in [-0.4, -0.2) is 104 Å². The molecule has 3 aromatic heterocycles. The molecule has 268 valence electrons. The van der Waals surface area contributed by atoms with Gasteiger partial charge in [0.1, 0.15) is 41.4 Å². The molecular weight excluding hydrogens is 712 g/mol. The lowest BCUT2D eigenvalue weighted by molar-refractivity contribution is -0.130. The number of benzene rings is 2. The van der Waals surface area contributed by atoms with Gasteiger partial charge in [-0.25, -0.2) is 18.2 Å². The molecule has 8 rings (SSSR count). The molecular formula is C37H34F3N7O3S2. The van der Waals surface area contributed by atoms with E-state index in [1.165, 1.54) is 41.8 Å². The first kappa shape index (κ1) is 34.4. The molecule has 0 aliphatic carbocycles. The van der Waals surface area contributed by atoms with Crippen LogP contribution in [0.5, 0.6) is 11.8 Å². The second-order valence-corrected chi connectivity index (χ2v) is 15.1. The van der Waals surface area contributed by atoms with Crippen LogP contribution in [0, 0.1) is 24.0 Å². The molecule has 5 aromatic rings. The van der Waals surface area contributed by atoms with Gasteiger partial charge in [-0.05, 0) is 43.0 Å². The number of phenolic OH excluding ortho intramolecular Hbond substituents is 1. The summed E-state index contributed by atoms with van der Waals surface area (Å²) in [6.45, 7) is 2.74. The number of carbonyl (C=O) groups excluding carboxylic acids is 1. The van der Waals surface area contributed by atoms with E-state index in [0.29, 0.717) is 62.2 Å². The van der Waals surface area contributed by atoms with E-state index >= 15 is 4.39 Å². The molecule has 0 unspecified atom stereocenters. The van der Waals surface area contributed by atoms with Gasteiger partial charge in [-0.15, -0.1) is 17.8 Å². The number of thiol groups is 1. The maximum atomic E-state index is 16.9. The topological polar surface area (TPSA) is 108 Å². The van der Waals surface area contributed by atoms with Crippen LogP contribution in [0.4, 0.5) is 19.0 Å².